The number of primary amides is 1. The third-order valence-corrected chi connectivity index (χ3v) is 0.433. The van der Waals surface area contributed by atoms with Gasteiger partial charge in [0.25, 0.3) is 0 Å². The highest BCUT2D eigenvalue weighted by atomic mass is 35.5. The zero-order valence-corrected chi connectivity index (χ0v) is 3.90. The SMILES string of the molecule is NC(=O)C[CH]Cl. The Morgan fingerprint density at radius 1 is 2.00 bits per heavy atom. The molecule has 2 nitrogen and oxygen atoms in total. The van der Waals surface area contributed by atoms with Gasteiger partial charge in [-0.1, -0.05) is 0 Å². The van der Waals surface area contributed by atoms with Crippen molar-refractivity contribution >= 4 is 17.5 Å². The van der Waals surface area contributed by atoms with Crippen LogP contribution in [0, 0.1) is 5.88 Å². The molecule has 0 aliphatic heterocycles. The lowest BCUT2D eigenvalue weighted by molar-refractivity contribution is -0.117. The molecule has 0 fully saturated rings. The van der Waals surface area contributed by atoms with Gasteiger partial charge in [0.2, 0.25) is 5.91 Å². The van der Waals surface area contributed by atoms with Crippen LogP contribution in [0.3, 0.4) is 0 Å². The first-order valence-electron chi connectivity index (χ1n) is 1.47. The lowest BCUT2D eigenvalue weighted by atomic mass is 10.5. The first-order valence-corrected chi connectivity index (χ1v) is 1.91. The molecule has 0 bridgehead atoms. The van der Waals surface area contributed by atoms with Crippen LogP contribution in [0.1, 0.15) is 6.42 Å². The van der Waals surface area contributed by atoms with Crippen molar-refractivity contribution in [2.24, 2.45) is 5.73 Å². The molecular weight excluding hydrogens is 101 g/mol. The summed E-state index contributed by atoms with van der Waals surface area (Å²) in [6, 6.07) is 0. The van der Waals surface area contributed by atoms with Gasteiger partial charge >= 0.3 is 0 Å². The molecule has 0 saturated carbocycles. The van der Waals surface area contributed by atoms with Crippen molar-refractivity contribution in [3.05, 3.63) is 5.88 Å². The third kappa shape index (κ3) is 3.76. The van der Waals surface area contributed by atoms with Crippen molar-refractivity contribution in [3.8, 4) is 0 Å². The van der Waals surface area contributed by atoms with Gasteiger partial charge in [-0.15, -0.1) is 11.6 Å². The van der Waals surface area contributed by atoms with Crippen molar-refractivity contribution in [3.63, 3.8) is 0 Å². The Bertz CT molecular complexity index is 54.8. The molecule has 0 aliphatic carbocycles. The summed E-state index contributed by atoms with van der Waals surface area (Å²) >= 11 is 4.97. The van der Waals surface area contributed by atoms with E-state index in [-0.39, 0.29) is 6.42 Å². The van der Waals surface area contributed by atoms with Crippen molar-refractivity contribution in [2.75, 3.05) is 0 Å². The van der Waals surface area contributed by atoms with Crippen molar-refractivity contribution in [1.29, 1.82) is 0 Å². The molecule has 3 heteroatoms. The maximum atomic E-state index is 9.71. The molecular formula is C3H5ClNO. The van der Waals surface area contributed by atoms with Crippen LogP contribution in [0.15, 0.2) is 0 Å². The molecule has 0 unspecified atom stereocenters. The number of carbonyl (C=O) groups is 1. The zero-order valence-electron chi connectivity index (χ0n) is 3.15. The molecule has 0 aliphatic rings. The van der Waals surface area contributed by atoms with E-state index in [1.807, 2.05) is 0 Å². The quantitative estimate of drug-likeness (QED) is 0.539. The van der Waals surface area contributed by atoms with Crippen LogP contribution >= 0.6 is 11.6 Å². The first-order chi connectivity index (χ1) is 2.77. The fourth-order valence-electron chi connectivity index (χ4n) is 0.0760. The normalized spacial score (nSPS) is 8.17. The molecule has 0 aromatic carbocycles. The van der Waals surface area contributed by atoms with E-state index in [9.17, 15) is 4.79 Å². The van der Waals surface area contributed by atoms with Crippen LogP contribution in [0.4, 0.5) is 0 Å². The average molecular weight is 107 g/mol. The number of nitrogens with two attached hydrogens (primary N) is 1. The maximum absolute atomic E-state index is 9.71. The molecule has 0 rings (SSSR count). The number of carbonyl (C=O) groups excluding carboxylic acids is 1. The Morgan fingerprint density at radius 3 is 2.50 bits per heavy atom. The van der Waals surface area contributed by atoms with Gasteiger partial charge < -0.3 is 5.73 Å². The minimum absolute atomic E-state index is 0.154. The van der Waals surface area contributed by atoms with Gasteiger partial charge in [0.15, 0.2) is 0 Å². The van der Waals surface area contributed by atoms with Gasteiger partial charge in [-0.05, 0) is 0 Å². The minimum Gasteiger partial charge on any atom is -0.370 e. The van der Waals surface area contributed by atoms with Crippen LogP contribution in [-0.2, 0) is 4.79 Å². The van der Waals surface area contributed by atoms with E-state index in [4.69, 9.17) is 11.6 Å². The van der Waals surface area contributed by atoms with Crippen LogP contribution in [-0.4, -0.2) is 5.91 Å². The molecule has 0 saturated heterocycles. The Labute approximate surface area is 41.3 Å². The Balaban J connectivity index is 2.83. The van der Waals surface area contributed by atoms with E-state index in [1.54, 1.807) is 0 Å². The van der Waals surface area contributed by atoms with E-state index in [0.717, 1.165) is 0 Å². The number of amides is 1. The van der Waals surface area contributed by atoms with Crippen LogP contribution in [0.25, 0.3) is 0 Å². The van der Waals surface area contributed by atoms with Crippen LogP contribution < -0.4 is 5.73 Å². The summed E-state index contributed by atoms with van der Waals surface area (Å²) in [5.41, 5.74) is 4.65. The van der Waals surface area contributed by atoms with E-state index in [2.05, 4.69) is 5.73 Å². The monoisotopic (exact) mass is 106 g/mol. The fourth-order valence-corrected chi connectivity index (χ4v) is 0.228. The molecule has 0 aromatic rings. The predicted molar refractivity (Wildman–Crippen MR) is 24.0 cm³/mol. The second-order valence-corrected chi connectivity index (χ2v) is 1.13. The van der Waals surface area contributed by atoms with Gasteiger partial charge in [-0.3, -0.25) is 4.79 Å². The third-order valence-electron chi connectivity index (χ3n) is 0.278. The topological polar surface area (TPSA) is 43.1 Å². The fraction of sp³-hybridized carbons (Fsp3) is 0.333. The summed E-state index contributed by atoms with van der Waals surface area (Å²) < 4.78 is 0. The number of halogens is 1. The second kappa shape index (κ2) is 2.97. The molecule has 6 heavy (non-hydrogen) atoms. The van der Waals surface area contributed by atoms with Gasteiger partial charge in [-0.2, -0.15) is 0 Å². The summed E-state index contributed by atoms with van der Waals surface area (Å²) in [6.07, 6.45) is 0.154. The Morgan fingerprint density at radius 2 is 2.50 bits per heavy atom. The van der Waals surface area contributed by atoms with Gasteiger partial charge in [0.1, 0.15) is 0 Å². The van der Waals surface area contributed by atoms with Crippen LogP contribution in [0.2, 0.25) is 0 Å². The largest absolute Gasteiger partial charge is 0.370 e. The number of hydrogen-bond donors (Lipinski definition) is 1. The van der Waals surface area contributed by atoms with Gasteiger partial charge in [-0.25, -0.2) is 0 Å². The number of hydrogen-bond acceptors (Lipinski definition) is 1. The summed E-state index contributed by atoms with van der Waals surface area (Å²) in [4.78, 5) is 9.71. The molecule has 0 spiro atoms. The van der Waals surface area contributed by atoms with E-state index in [0.29, 0.717) is 0 Å². The summed E-state index contributed by atoms with van der Waals surface area (Å²) in [5.74, 6) is 0.799. The smallest absolute Gasteiger partial charge is 0.218 e. The molecule has 1 amide bonds. The highest BCUT2D eigenvalue weighted by molar-refractivity contribution is 6.24. The lowest BCUT2D eigenvalue weighted by Gasteiger charge is -1.79. The summed E-state index contributed by atoms with van der Waals surface area (Å²) in [6.45, 7) is 0. The van der Waals surface area contributed by atoms with Crippen molar-refractivity contribution in [1.82, 2.24) is 0 Å². The van der Waals surface area contributed by atoms with Crippen molar-refractivity contribution < 1.29 is 4.79 Å². The molecule has 2 N–H and O–H groups in total. The predicted octanol–water partition coefficient (Wildman–Crippen LogP) is 0.262. The van der Waals surface area contributed by atoms with E-state index in [1.165, 1.54) is 5.88 Å². The molecule has 0 atom stereocenters. The average Bonchev–Trinajstić information content (AvgIpc) is 1.35. The highest BCUT2D eigenvalue weighted by Crippen LogP contribution is 1.87. The highest BCUT2D eigenvalue weighted by Gasteiger charge is 1.86. The zero-order chi connectivity index (χ0) is 4.99. The van der Waals surface area contributed by atoms with Crippen molar-refractivity contribution in [2.45, 2.75) is 6.42 Å². The number of rotatable bonds is 2. The molecule has 1 radical (unpaired) electrons. The molecule has 0 aromatic heterocycles. The van der Waals surface area contributed by atoms with E-state index < -0.39 is 5.91 Å². The molecule has 35 valence electrons. The standard InChI is InChI=1S/C3H5ClNO/c4-2-1-3(5)6/h2H,1H2,(H2,5,6). The second-order valence-electron chi connectivity index (χ2n) is 0.825. The Hall–Kier alpha value is -0.240. The van der Waals surface area contributed by atoms with Gasteiger partial charge in [0, 0.05) is 6.42 Å². The summed E-state index contributed by atoms with van der Waals surface area (Å²) in [5, 5.41) is 0. The van der Waals surface area contributed by atoms with Crippen LogP contribution in [0.5, 0.6) is 0 Å². The maximum Gasteiger partial charge on any atom is 0.218 e. The minimum atomic E-state index is -0.398. The molecule has 0 heterocycles. The lowest BCUT2D eigenvalue weighted by Crippen LogP contribution is -2.08. The Kier molecular flexibility index (Phi) is 2.85. The van der Waals surface area contributed by atoms with E-state index >= 15 is 0 Å². The summed E-state index contributed by atoms with van der Waals surface area (Å²) in [7, 11) is 0. The van der Waals surface area contributed by atoms with Gasteiger partial charge in [0.05, 0.1) is 5.88 Å². The first kappa shape index (κ1) is 5.76.